The number of halogens is 2. The molecular weight excluding hydrogens is 427 g/mol. The van der Waals surface area contributed by atoms with Crippen molar-refractivity contribution in [1.82, 2.24) is 15.0 Å². The Morgan fingerprint density at radius 1 is 1.00 bits per heavy atom. The second-order valence-corrected chi connectivity index (χ2v) is 8.18. The fraction of sp³-hybridized carbons (Fsp3) is 0.333. The van der Waals surface area contributed by atoms with Crippen LogP contribution in [-0.2, 0) is 0 Å². The van der Waals surface area contributed by atoms with Crippen molar-refractivity contribution in [2.75, 3.05) is 23.3 Å². The minimum Gasteiger partial charge on any atom is -0.356 e. The summed E-state index contributed by atoms with van der Waals surface area (Å²) in [5, 5.41) is 12.4. The van der Waals surface area contributed by atoms with Crippen LogP contribution in [0.1, 0.15) is 42.7 Å². The molecule has 2 aliphatic rings. The summed E-state index contributed by atoms with van der Waals surface area (Å²) in [6.45, 7) is 1.40. The van der Waals surface area contributed by atoms with Gasteiger partial charge in [-0.15, -0.1) is 12.4 Å². The number of piperidine rings is 1. The summed E-state index contributed by atoms with van der Waals surface area (Å²) in [7, 11) is 0. The summed E-state index contributed by atoms with van der Waals surface area (Å²) < 4.78 is 13.4. The number of anilines is 3. The quantitative estimate of drug-likeness (QED) is 0.561. The lowest BCUT2D eigenvalue weighted by Gasteiger charge is -2.29. The Morgan fingerprint density at radius 2 is 1.81 bits per heavy atom. The number of nitrogens with zero attached hydrogens (tertiary/aromatic N) is 5. The largest absolute Gasteiger partial charge is 0.356 e. The molecule has 6 nitrogen and oxygen atoms in total. The molecule has 2 fully saturated rings. The number of hydrogen-bond acceptors (Lipinski definition) is 6. The molecule has 1 saturated carbocycles. The SMILES string of the molecule is Cl.N#Cc1ccnc(Nc2cc(C3CC3)cc(-c3ccc(N4CCC(F)CC4)nc3)n2)c1. The number of nitriles is 1. The van der Waals surface area contributed by atoms with E-state index in [1.807, 2.05) is 18.3 Å². The van der Waals surface area contributed by atoms with E-state index in [1.165, 1.54) is 18.4 Å². The first-order chi connectivity index (χ1) is 15.2. The van der Waals surface area contributed by atoms with Crippen LogP contribution in [0.2, 0.25) is 0 Å². The molecule has 1 saturated heterocycles. The van der Waals surface area contributed by atoms with Gasteiger partial charge in [0.25, 0.3) is 0 Å². The summed E-state index contributed by atoms with van der Waals surface area (Å²) in [6, 6.07) is 13.7. The van der Waals surface area contributed by atoms with Gasteiger partial charge in [-0.05, 0) is 73.6 Å². The monoisotopic (exact) mass is 450 g/mol. The number of pyridine rings is 3. The molecule has 1 aliphatic carbocycles. The second-order valence-electron chi connectivity index (χ2n) is 8.18. The molecule has 1 aliphatic heterocycles. The highest BCUT2D eigenvalue weighted by Gasteiger charge is 2.25. The first-order valence-corrected chi connectivity index (χ1v) is 10.7. The van der Waals surface area contributed by atoms with Gasteiger partial charge in [-0.25, -0.2) is 19.3 Å². The first-order valence-electron chi connectivity index (χ1n) is 10.7. The summed E-state index contributed by atoms with van der Waals surface area (Å²) in [5.74, 6) is 2.74. The van der Waals surface area contributed by atoms with Crippen LogP contribution in [0.15, 0.2) is 48.8 Å². The van der Waals surface area contributed by atoms with Crippen LogP contribution in [0.4, 0.5) is 21.8 Å². The lowest BCUT2D eigenvalue weighted by molar-refractivity contribution is 0.276. The van der Waals surface area contributed by atoms with Crippen molar-refractivity contribution in [1.29, 1.82) is 5.26 Å². The van der Waals surface area contributed by atoms with Crippen molar-refractivity contribution in [2.45, 2.75) is 37.8 Å². The summed E-state index contributed by atoms with van der Waals surface area (Å²) in [6.07, 6.45) is 6.25. The highest BCUT2D eigenvalue weighted by Crippen LogP contribution is 2.42. The van der Waals surface area contributed by atoms with Crippen LogP contribution in [0.5, 0.6) is 0 Å². The van der Waals surface area contributed by atoms with Crippen LogP contribution in [0.25, 0.3) is 11.3 Å². The molecule has 1 N–H and O–H groups in total. The van der Waals surface area contributed by atoms with Gasteiger partial charge in [0.2, 0.25) is 0 Å². The fourth-order valence-corrected chi connectivity index (χ4v) is 3.92. The highest BCUT2D eigenvalue weighted by atomic mass is 35.5. The van der Waals surface area contributed by atoms with Gasteiger partial charge in [0.15, 0.2) is 0 Å². The van der Waals surface area contributed by atoms with E-state index in [1.54, 1.807) is 18.3 Å². The molecule has 5 rings (SSSR count). The van der Waals surface area contributed by atoms with Gasteiger partial charge in [-0.3, -0.25) is 0 Å². The van der Waals surface area contributed by atoms with Crippen molar-refractivity contribution < 1.29 is 4.39 Å². The average molecular weight is 451 g/mol. The lowest BCUT2D eigenvalue weighted by Crippen LogP contribution is -2.34. The first kappa shape index (κ1) is 22.0. The van der Waals surface area contributed by atoms with Gasteiger partial charge in [0, 0.05) is 31.0 Å². The average Bonchev–Trinajstić information content (AvgIpc) is 3.65. The molecule has 8 heteroatoms. The molecular formula is C24H24ClFN6. The number of aromatic nitrogens is 3. The van der Waals surface area contributed by atoms with Crippen LogP contribution in [0.3, 0.4) is 0 Å². The normalized spacial score (nSPS) is 16.2. The van der Waals surface area contributed by atoms with E-state index in [2.05, 4.69) is 38.4 Å². The molecule has 164 valence electrons. The summed E-state index contributed by atoms with van der Waals surface area (Å²) in [5.41, 5.74) is 3.59. The molecule has 32 heavy (non-hydrogen) atoms. The zero-order chi connectivity index (χ0) is 21.2. The third kappa shape index (κ3) is 4.97. The van der Waals surface area contributed by atoms with E-state index in [0.29, 0.717) is 49.0 Å². The van der Waals surface area contributed by atoms with Gasteiger partial charge >= 0.3 is 0 Å². The lowest BCUT2D eigenvalue weighted by atomic mass is 10.1. The predicted octanol–water partition coefficient (Wildman–Crippen LogP) is 5.39. The smallest absolute Gasteiger partial charge is 0.132 e. The van der Waals surface area contributed by atoms with Gasteiger partial charge in [0.1, 0.15) is 23.6 Å². The third-order valence-corrected chi connectivity index (χ3v) is 5.83. The van der Waals surface area contributed by atoms with Gasteiger partial charge in [0.05, 0.1) is 17.3 Å². The van der Waals surface area contributed by atoms with Gasteiger partial charge in [-0.1, -0.05) is 0 Å². The van der Waals surface area contributed by atoms with E-state index in [-0.39, 0.29) is 12.4 Å². The molecule has 0 unspecified atom stereocenters. The molecule has 0 atom stereocenters. The Bertz CT molecular complexity index is 1120. The number of rotatable bonds is 5. The topological polar surface area (TPSA) is 77.7 Å². The molecule has 0 bridgehead atoms. The van der Waals surface area contributed by atoms with E-state index >= 15 is 0 Å². The van der Waals surface area contributed by atoms with E-state index < -0.39 is 6.17 Å². The second kappa shape index (κ2) is 9.49. The van der Waals surface area contributed by atoms with Gasteiger partial charge in [-0.2, -0.15) is 5.26 Å². The molecule has 3 aromatic heterocycles. The van der Waals surface area contributed by atoms with Crippen molar-refractivity contribution in [3.05, 3.63) is 59.9 Å². The van der Waals surface area contributed by atoms with Crippen molar-refractivity contribution in [2.24, 2.45) is 0 Å². The zero-order valence-corrected chi connectivity index (χ0v) is 18.4. The van der Waals surface area contributed by atoms with Crippen molar-refractivity contribution in [3.63, 3.8) is 0 Å². The van der Waals surface area contributed by atoms with Crippen molar-refractivity contribution >= 4 is 29.9 Å². The van der Waals surface area contributed by atoms with Crippen LogP contribution in [-0.4, -0.2) is 34.2 Å². The minimum absolute atomic E-state index is 0. The van der Waals surface area contributed by atoms with Gasteiger partial charge < -0.3 is 10.2 Å². The Balaban J connectivity index is 0.00000245. The molecule has 4 heterocycles. The maximum Gasteiger partial charge on any atom is 0.132 e. The maximum atomic E-state index is 13.4. The molecule has 0 radical (unpaired) electrons. The van der Waals surface area contributed by atoms with Crippen LogP contribution >= 0.6 is 12.4 Å². The maximum absolute atomic E-state index is 13.4. The highest BCUT2D eigenvalue weighted by molar-refractivity contribution is 5.85. The number of hydrogen-bond donors (Lipinski definition) is 1. The molecule has 0 amide bonds. The molecule has 0 spiro atoms. The Hall–Kier alpha value is -3.24. The number of nitrogens with one attached hydrogen (secondary N) is 1. The zero-order valence-electron chi connectivity index (χ0n) is 17.5. The Morgan fingerprint density at radius 3 is 2.50 bits per heavy atom. The molecule has 0 aromatic carbocycles. The minimum atomic E-state index is -0.695. The number of alkyl halides is 1. The van der Waals surface area contributed by atoms with E-state index in [4.69, 9.17) is 10.2 Å². The Labute approximate surface area is 192 Å². The molecule has 3 aromatic rings. The standard InChI is InChI=1S/C24H23FN6.ClH/c25-20-6-9-31(10-7-20)24-4-3-18(15-28-24)21-12-19(17-1-2-17)13-23(29-21)30-22-11-16(14-26)5-8-27-22;/h3-5,8,11-13,15,17,20H,1-2,6-7,9-10H2,(H,27,29,30);1H. The van der Waals surface area contributed by atoms with Crippen LogP contribution < -0.4 is 10.2 Å². The van der Waals surface area contributed by atoms with E-state index in [0.717, 1.165) is 17.1 Å². The van der Waals surface area contributed by atoms with Crippen molar-refractivity contribution in [3.8, 4) is 17.3 Å². The fourth-order valence-electron chi connectivity index (χ4n) is 3.92. The summed E-state index contributed by atoms with van der Waals surface area (Å²) in [4.78, 5) is 15.8. The van der Waals surface area contributed by atoms with Crippen LogP contribution in [0, 0.1) is 11.3 Å². The third-order valence-electron chi connectivity index (χ3n) is 5.83. The van der Waals surface area contributed by atoms with E-state index in [9.17, 15) is 4.39 Å². The predicted molar refractivity (Wildman–Crippen MR) is 125 cm³/mol. The summed E-state index contributed by atoms with van der Waals surface area (Å²) >= 11 is 0. The Kier molecular flexibility index (Phi) is 6.52.